The number of carbonyl (C=O) groups excluding carboxylic acids is 1. The van der Waals surface area contributed by atoms with Crippen LogP contribution in [0.3, 0.4) is 0 Å². The van der Waals surface area contributed by atoms with Crippen molar-refractivity contribution in [2.45, 2.75) is 12.8 Å². The normalized spacial score (nSPS) is 13.0. The molecule has 0 saturated heterocycles. The predicted molar refractivity (Wildman–Crippen MR) is 64.0 cm³/mol. The Morgan fingerprint density at radius 1 is 1.22 bits per heavy atom. The average molecular weight is 238 g/mol. The van der Waals surface area contributed by atoms with Gasteiger partial charge in [0.25, 0.3) is 0 Å². The molecule has 0 radical (unpaired) electrons. The standard InChI is InChI=1S/C14H10N2O2/c15-8-11(9-16)7-10-1-5-13(6-2-10)18-14(17)12-3-4-12/h1-2,5-7,12H,3-4H2. The van der Waals surface area contributed by atoms with Gasteiger partial charge in [-0.3, -0.25) is 4.79 Å². The number of hydrogen-bond acceptors (Lipinski definition) is 4. The number of ether oxygens (including phenoxy) is 1. The van der Waals surface area contributed by atoms with Crippen LogP contribution >= 0.6 is 0 Å². The van der Waals surface area contributed by atoms with Crippen molar-refractivity contribution in [1.29, 1.82) is 10.5 Å². The Hall–Kier alpha value is -2.59. The molecule has 1 aliphatic carbocycles. The highest BCUT2D eigenvalue weighted by atomic mass is 16.5. The van der Waals surface area contributed by atoms with Gasteiger partial charge in [-0.2, -0.15) is 10.5 Å². The number of esters is 1. The second kappa shape index (κ2) is 5.16. The number of nitrogens with zero attached hydrogens (tertiary/aromatic N) is 2. The first-order valence-corrected chi connectivity index (χ1v) is 5.56. The molecule has 0 N–H and O–H groups in total. The summed E-state index contributed by atoms with van der Waals surface area (Å²) in [5, 5.41) is 17.2. The summed E-state index contributed by atoms with van der Waals surface area (Å²) in [5.41, 5.74) is 0.761. The van der Waals surface area contributed by atoms with E-state index in [9.17, 15) is 4.79 Å². The Morgan fingerprint density at radius 3 is 2.33 bits per heavy atom. The minimum atomic E-state index is -0.187. The minimum Gasteiger partial charge on any atom is -0.426 e. The molecule has 88 valence electrons. The molecular formula is C14H10N2O2. The predicted octanol–water partition coefficient (Wildman–Crippen LogP) is 2.43. The summed E-state index contributed by atoms with van der Waals surface area (Å²) in [5.74, 6) is 0.362. The van der Waals surface area contributed by atoms with Gasteiger partial charge in [-0.15, -0.1) is 0 Å². The van der Waals surface area contributed by atoms with E-state index in [1.54, 1.807) is 36.4 Å². The maximum Gasteiger partial charge on any atom is 0.314 e. The lowest BCUT2D eigenvalue weighted by Gasteiger charge is -2.03. The zero-order chi connectivity index (χ0) is 13.0. The van der Waals surface area contributed by atoms with Crippen LogP contribution < -0.4 is 4.74 Å². The molecule has 1 fully saturated rings. The molecule has 4 heteroatoms. The molecule has 2 rings (SSSR count). The highest BCUT2D eigenvalue weighted by Crippen LogP contribution is 2.30. The first-order valence-electron chi connectivity index (χ1n) is 5.56. The van der Waals surface area contributed by atoms with Crippen molar-refractivity contribution in [2.75, 3.05) is 0 Å². The number of nitriles is 2. The third-order valence-electron chi connectivity index (χ3n) is 2.56. The zero-order valence-electron chi connectivity index (χ0n) is 9.59. The van der Waals surface area contributed by atoms with Gasteiger partial charge in [0, 0.05) is 0 Å². The van der Waals surface area contributed by atoms with Crippen LogP contribution in [0.25, 0.3) is 6.08 Å². The molecule has 1 saturated carbocycles. The van der Waals surface area contributed by atoms with Crippen molar-refractivity contribution in [3.8, 4) is 17.9 Å². The SMILES string of the molecule is N#CC(C#N)=Cc1ccc(OC(=O)C2CC2)cc1. The molecular weight excluding hydrogens is 228 g/mol. The van der Waals surface area contributed by atoms with Crippen LogP contribution in [0.4, 0.5) is 0 Å². The summed E-state index contributed by atoms with van der Waals surface area (Å²) < 4.78 is 5.16. The molecule has 1 aromatic rings. The lowest BCUT2D eigenvalue weighted by Crippen LogP contribution is -2.09. The second-order valence-corrected chi connectivity index (χ2v) is 4.05. The fraction of sp³-hybridized carbons (Fsp3) is 0.214. The highest BCUT2D eigenvalue weighted by Gasteiger charge is 2.31. The van der Waals surface area contributed by atoms with E-state index in [1.165, 1.54) is 6.08 Å². The smallest absolute Gasteiger partial charge is 0.314 e. The molecule has 0 unspecified atom stereocenters. The van der Waals surface area contributed by atoms with Gasteiger partial charge in [-0.1, -0.05) is 12.1 Å². The average Bonchev–Trinajstić information content (AvgIpc) is 3.22. The first-order chi connectivity index (χ1) is 8.72. The van der Waals surface area contributed by atoms with Gasteiger partial charge in [0.1, 0.15) is 23.5 Å². The zero-order valence-corrected chi connectivity index (χ0v) is 9.59. The Kier molecular flexibility index (Phi) is 3.41. The van der Waals surface area contributed by atoms with E-state index in [0.717, 1.165) is 18.4 Å². The van der Waals surface area contributed by atoms with Gasteiger partial charge < -0.3 is 4.74 Å². The molecule has 0 bridgehead atoms. The lowest BCUT2D eigenvalue weighted by molar-refractivity contribution is -0.135. The Bertz CT molecular complexity index is 553. The van der Waals surface area contributed by atoms with E-state index < -0.39 is 0 Å². The van der Waals surface area contributed by atoms with Crippen LogP contribution in [0.5, 0.6) is 5.75 Å². The van der Waals surface area contributed by atoms with Crippen molar-refractivity contribution >= 4 is 12.0 Å². The van der Waals surface area contributed by atoms with Crippen LogP contribution in [0, 0.1) is 28.6 Å². The Balaban J connectivity index is 2.06. The molecule has 4 nitrogen and oxygen atoms in total. The summed E-state index contributed by atoms with van der Waals surface area (Å²) >= 11 is 0. The molecule has 0 spiro atoms. The molecule has 18 heavy (non-hydrogen) atoms. The number of allylic oxidation sites excluding steroid dienone is 1. The van der Waals surface area contributed by atoms with E-state index in [0.29, 0.717) is 5.75 Å². The lowest BCUT2D eigenvalue weighted by atomic mass is 10.1. The molecule has 1 aromatic carbocycles. The molecule has 1 aliphatic rings. The van der Waals surface area contributed by atoms with E-state index in [1.807, 2.05) is 0 Å². The van der Waals surface area contributed by atoms with Crippen molar-refractivity contribution in [3.05, 3.63) is 35.4 Å². The third kappa shape index (κ3) is 2.96. The Morgan fingerprint density at radius 2 is 1.83 bits per heavy atom. The molecule has 0 heterocycles. The Labute approximate surface area is 105 Å². The topological polar surface area (TPSA) is 73.9 Å². The van der Waals surface area contributed by atoms with Crippen LogP contribution in [0.15, 0.2) is 29.8 Å². The van der Waals surface area contributed by atoms with Gasteiger partial charge in [0.05, 0.1) is 5.92 Å². The van der Waals surface area contributed by atoms with Gasteiger partial charge in [-0.25, -0.2) is 0 Å². The fourth-order valence-electron chi connectivity index (χ4n) is 1.41. The number of benzene rings is 1. The van der Waals surface area contributed by atoms with E-state index in [2.05, 4.69) is 0 Å². The maximum absolute atomic E-state index is 11.4. The van der Waals surface area contributed by atoms with E-state index >= 15 is 0 Å². The number of hydrogen-bond donors (Lipinski definition) is 0. The summed E-state index contributed by atoms with van der Waals surface area (Å²) in [6.45, 7) is 0. The van der Waals surface area contributed by atoms with E-state index in [-0.39, 0.29) is 17.5 Å². The van der Waals surface area contributed by atoms with Gasteiger partial charge in [0.2, 0.25) is 0 Å². The van der Waals surface area contributed by atoms with Crippen molar-refractivity contribution in [3.63, 3.8) is 0 Å². The van der Waals surface area contributed by atoms with Crippen LogP contribution in [0.2, 0.25) is 0 Å². The summed E-state index contributed by atoms with van der Waals surface area (Å²) in [4.78, 5) is 11.4. The summed E-state index contributed by atoms with van der Waals surface area (Å²) in [6.07, 6.45) is 3.30. The number of carbonyl (C=O) groups is 1. The highest BCUT2D eigenvalue weighted by molar-refractivity contribution is 5.77. The molecule has 0 atom stereocenters. The fourth-order valence-corrected chi connectivity index (χ4v) is 1.41. The third-order valence-corrected chi connectivity index (χ3v) is 2.56. The largest absolute Gasteiger partial charge is 0.426 e. The monoisotopic (exact) mass is 238 g/mol. The van der Waals surface area contributed by atoms with Crippen molar-refractivity contribution in [2.24, 2.45) is 5.92 Å². The minimum absolute atomic E-state index is 0.0396. The van der Waals surface area contributed by atoms with Crippen LogP contribution in [-0.2, 0) is 4.79 Å². The van der Waals surface area contributed by atoms with Gasteiger partial charge in [-0.05, 0) is 36.6 Å². The van der Waals surface area contributed by atoms with Gasteiger partial charge in [0.15, 0.2) is 0 Å². The second-order valence-electron chi connectivity index (χ2n) is 4.05. The molecule has 0 aliphatic heterocycles. The number of rotatable bonds is 3. The maximum atomic E-state index is 11.4. The van der Waals surface area contributed by atoms with Crippen LogP contribution in [-0.4, -0.2) is 5.97 Å². The summed E-state index contributed by atoms with van der Waals surface area (Å²) in [7, 11) is 0. The molecule has 0 aromatic heterocycles. The molecule has 0 amide bonds. The van der Waals surface area contributed by atoms with Crippen molar-refractivity contribution < 1.29 is 9.53 Å². The van der Waals surface area contributed by atoms with Crippen LogP contribution in [0.1, 0.15) is 18.4 Å². The van der Waals surface area contributed by atoms with Crippen molar-refractivity contribution in [1.82, 2.24) is 0 Å². The van der Waals surface area contributed by atoms with Gasteiger partial charge >= 0.3 is 5.97 Å². The quantitative estimate of drug-likeness (QED) is 0.460. The first kappa shape index (κ1) is 11.9. The summed E-state index contributed by atoms with van der Waals surface area (Å²) in [6, 6.07) is 10.3. The van der Waals surface area contributed by atoms with E-state index in [4.69, 9.17) is 15.3 Å².